The molecular formula is C16H18N2O3. The highest BCUT2D eigenvalue weighted by atomic mass is 16.5. The molecule has 0 spiro atoms. The number of hydrogen-bond acceptors (Lipinski definition) is 5. The van der Waals surface area contributed by atoms with Crippen LogP contribution < -0.4 is 0 Å². The van der Waals surface area contributed by atoms with Crippen LogP contribution in [0, 0.1) is 0 Å². The standard InChI is InChI=1S/C16H18N2O3/c1-20-16(19)13-4-5-17-15-3-2-12(10-14(13)15)11-18-6-8-21-9-7-18/h2-5,10H,6-9,11H2,1H3. The molecule has 0 aliphatic carbocycles. The number of carbonyl (C=O) groups is 1. The number of ether oxygens (including phenoxy) is 2. The van der Waals surface area contributed by atoms with E-state index in [9.17, 15) is 4.79 Å². The fraction of sp³-hybridized carbons (Fsp3) is 0.375. The molecule has 0 radical (unpaired) electrons. The van der Waals surface area contributed by atoms with Gasteiger partial charge in [0.05, 0.1) is 31.4 Å². The number of nitrogens with zero attached hydrogens (tertiary/aromatic N) is 2. The molecule has 3 rings (SSSR count). The number of methoxy groups -OCH3 is 1. The van der Waals surface area contributed by atoms with E-state index in [4.69, 9.17) is 9.47 Å². The molecule has 0 N–H and O–H groups in total. The number of carbonyl (C=O) groups excluding carboxylic acids is 1. The summed E-state index contributed by atoms with van der Waals surface area (Å²) in [6, 6.07) is 7.75. The van der Waals surface area contributed by atoms with Gasteiger partial charge in [-0.25, -0.2) is 4.79 Å². The minimum Gasteiger partial charge on any atom is -0.465 e. The van der Waals surface area contributed by atoms with Gasteiger partial charge in [0, 0.05) is 31.2 Å². The smallest absolute Gasteiger partial charge is 0.338 e. The molecule has 21 heavy (non-hydrogen) atoms. The Morgan fingerprint density at radius 1 is 1.33 bits per heavy atom. The molecule has 5 nitrogen and oxygen atoms in total. The zero-order valence-corrected chi connectivity index (χ0v) is 12.0. The summed E-state index contributed by atoms with van der Waals surface area (Å²) in [5.74, 6) is -0.328. The van der Waals surface area contributed by atoms with E-state index in [0.29, 0.717) is 5.56 Å². The first-order valence-corrected chi connectivity index (χ1v) is 7.04. The van der Waals surface area contributed by atoms with Crippen LogP contribution in [0.4, 0.5) is 0 Å². The molecule has 0 atom stereocenters. The number of fused-ring (bicyclic) bond motifs is 1. The number of rotatable bonds is 3. The Bertz CT molecular complexity index is 651. The second-order valence-electron chi connectivity index (χ2n) is 5.09. The average molecular weight is 286 g/mol. The lowest BCUT2D eigenvalue weighted by atomic mass is 10.1. The summed E-state index contributed by atoms with van der Waals surface area (Å²) in [6.07, 6.45) is 1.64. The summed E-state index contributed by atoms with van der Waals surface area (Å²) in [6.45, 7) is 4.30. The second kappa shape index (κ2) is 6.20. The summed E-state index contributed by atoms with van der Waals surface area (Å²) in [7, 11) is 1.40. The van der Waals surface area contributed by atoms with Crippen molar-refractivity contribution in [3.63, 3.8) is 0 Å². The fourth-order valence-corrected chi connectivity index (χ4v) is 2.60. The molecule has 1 aromatic carbocycles. The first kappa shape index (κ1) is 14.0. The van der Waals surface area contributed by atoms with Crippen molar-refractivity contribution in [3.8, 4) is 0 Å². The van der Waals surface area contributed by atoms with Crippen LogP contribution >= 0.6 is 0 Å². The highest BCUT2D eigenvalue weighted by Crippen LogP contribution is 2.20. The summed E-state index contributed by atoms with van der Waals surface area (Å²) in [5, 5.41) is 0.843. The largest absolute Gasteiger partial charge is 0.465 e. The van der Waals surface area contributed by atoms with E-state index in [1.165, 1.54) is 12.7 Å². The molecular weight excluding hydrogens is 268 g/mol. The van der Waals surface area contributed by atoms with Crippen LogP contribution in [0.25, 0.3) is 10.9 Å². The summed E-state index contributed by atoms with van der Waals surface area (Å²) < 4.78 is 10.2. The van der Waals surface area contributed by atoms with Crippen LogP contribution in [-0.2, 0) is 16.0 Å². The molecule has 2 heterocycles. The Morgan fingerprint density at radius 2 is 2.14 bits per heavy atom. The summed E-state index contributed by atoms with van der Waals surface area (Å²) in [4.78, 5) is 18.5. The molecule has 110 valence electrons. The Morgan fingerprint density at radius 3 is 2.90 bits per heavy atom. The first-order valence-electron chi connectivity index (χ1n) is 7.04. The highest BCUT2D eigenvalue weighted by Gasteiger charge is 2.14. The molecule has 1 fully saturated rings. The van der Waals surface area contributed by atoms with Gasteiger partial charge in [-0.2, -0.15) is 0 Å². The van der Waals surface area contributed by atoms with Gasteiger partial charge in [-0.3, -0.25) is 9.88 Å². The lowest BCUT2D eigenvalue weighted by molar-refractivity contribution is 0.0342. The lowest BCUT2D eigenvalue weighted by Crippen LogP contribution is -2.35. The van der Waals surface area contributed by atoms with E-state index in [0.717, 1.165) is 43.8 Å². The van der Waals surface area contributed by atoms with Gasteiger partial charge in [-0.1, -0.05) is 6.07 Å². The van der Waals surface area contributed by atoms with Crippen molar-refractivity contribution >= 4 is 16.9 Å². The van der Waals surface area contributed by atoms with Crippen LogP contribution in [0.2, 0.25) is 0 Å². The van der Waals surface area contributed by atoms with Gasteiger partial charge in [-0.05, 0) is 23.8 Å². The highest BCUT2D eigenvalue weighted by molar-refractivity contribution is 6.03. The number of morpholine rings is 1. The molecule has 0 unspecified atom stereocenters. The van der Waals surface area contributed by atoms with Gasteiger partial charge in [-0.15, -0.1) is 0 Å². The van der Waals surface area contributed by atoms with E-state index < -0.39 is 0 Å². The third-order valence-corrected chi connectivity index (χ3v) is 3.72. The Balaban J connectivity index is 1.92. The second-order valence-corrected chi connectivity index (χ2v) is 5.09. The maximum absolute atomic E-state index is 11.9. The van der Waals surface area contributed by atoms with Crippen molar-refractivity contribution < 1.29 is 14.3 Å². The van der Waals surface area contributed by atoms with E-state index in [1.54, 1.807) is 12.3 Å². The number of aromatic nitrogens is 1. The molecule has 0 amide bonds. The molecule has 1 aliphatic heterocycles. The summed E-state index contributed by atoms with van der Waals surface area (Å²) >= 11 is 0. The Hall–Kier alpha value is -1.98. The molecule has 1 aliphatic rings. The minimum absolute atomic E-state index is 0.328. The number of hydrogen-bond donors (Lipinski definition) is 0. The molecule has 1 saturated heterocycles. The Kier molecular flexibility index (Phi) is 4.13. The fourth-order valence-electron chi connectivity index (χ4n) is 2.60. The SMILES string of the molecule is COC(=O)c1ccnc2ccc(CN3CCOCC3)cc12. The van der Waals surface area contributed by atoms with Crippen molar-refractivity contribution in [2.75, 3.05) is 33.4 Å². The van der Waals surface area contributed by atoms with Gasteiger partial charge < -0.3 is 9.47 Å². The van der Waals surface area contributed by atoms with Crippen molar-refractivity contribution in [2.45, 2.75) is 6.54 Å². The topological polar surface area (TPSA) is 51.7 Å². The van der Waals surface area contributed by atoms with Crippen LogP contribution in [0.3, 0.4) is 0 Å². The molecule has 0 bridgehead atoms. The van der Waals surface area contributed by atoms with E-state index >= 15 is 0 Å². The van der Waals surface area contributed by atoms with Crippen molar-refractivity contribution in [1.29, 1.82) is 0 Å². The van der Waals surface area contributed by atoms with Crippen molar-refractivity contribution in [1.82, 2.24) is 9.88 Å². The number of esters is 1. The minimum atomic E-state index is -0.328. The third kappa shape index (κ3) is 3.04. The van der Waals surface area contributed by atoms with Gasteiger partial charge in [0.15, 0.2) is 0 Å². The van der Waals surface area contributed by atoms with Gasteiger partial charge >= 0.3 is 5.97 Å². The van der Waals surface area contributed by atoms with Crippen LogP contribution in [-0.4, -0.2) is 49.3 Å². The summed E-state index contributed by atoms with van der Waals surface area (Å²) in [5.41, 5.74) is 2.54. The average Bonchev–Trinajstić information content (AvgIpc) is 2.54. The van der Waals surface area contributed by atoms with Crippen LogP contribution in [0.1, 0.15) is 15.9 Å². The zero-order valence-electron chi connectivity index (χ0n) is 12.0. The maximum atomic E-state index is 11.9. The zero-order chi connectivity index (χ0) is 14.7. The normalized spacial score (nSPS) is 16.0. The molecule has 2 aromatic rings. The number of benzene rings is 1. The van der Waals surface area contributed by atoms with Crippen LogP contribution in [0.15, 0.2) is 30.5 Å². The molecule has 5 heteroatoms. The van der Waals surface area contributed by atoms with E-state index in [1.807, 2.05) is 12.1 Å². The predicted octanol–water partition coefficient (Wildman–Crippen LogP) is 1.85. The van der Waals surface area contributed by atoms with E-state index in [2.05, 4.69) is 16.0 Å². The maximum Gasteiger partial charge on any atom is 0.338 e. The number of pyridine rings is 1. The first-order chi connectivity index (χ1) is 10.3. The van der Waals surface area contributed by atoms with Gasteiger partial charge in [0.2, 0.25) is 0 Å². The monoisotopic (exact) mass is 286 g/mol. The lowest BCUT2D eigenvalue weighted by Gasteiger charge is -2.26. The third-order valence-electron chi connectivity index (χ3n) is 3.72. The van der Waals surface area contributed by atoms with Gasteiger partial charge in [0.1, 0.15) is 0 Å². The Labute approximate surface area is 123 Å². The van der Waals surface area contributed by atoms with Crippen molar-refractivity contribution in [3.05, 3.63) is 41.6 Å². The van der Waals surface area contributed by atoms with Crippen molar-refractivity contribution in [2.24, 2.45) is 0 Å². The molecule has 1 aromatic heterocycles. The van der Waals surface area contributed by atoms with E-state index in [-0.39, 0.29) is 5.97 Å². The van der Waals surface area contributed by atoms with Gasteiger partial charge in [0.25, 0.3) is 0 Å². The molecule has 0 saturated carbocycles. The predicted molar refractivity (Wildman–Crippen MR) is 79.2 cm³/mol. The quantitative estimate of drug-likeness (QED) is 0.806. The van der Waals surface area contributed by atoms with Crippen LogP contribution in [0.5, 0.6) is 0 Å².